The molecule has 170 valence electrons. The first kappa shape index (κ1) is 23.1. The second-order valence-corrected chi connectivity index (χ2v) is 8.97. The zero-order chi connectivity index (χ0) is 24.1. The number of thioether (sulfide) groups is 1. The highest BCUT2D eigenvalue weighted by Gasteiger charge is 2.40. The molecule has 1 atom stereocenters. The number of hydrogen-bond acceptors (Lipinski definition) is 5. The van der Waals surface area contributed by atoms with Crippen LogP contribution in [0.1, 0.15) is 11.1 Å². The smallest absolute Gasteiger partial charge is 0.269 e. The van der Waals surface area contributed by atoms with Crippen molar-refractivity contribution in [3.63, 3.8) is 0 Å². The van der Waals surface area contributed by atoms with E-state index in [1.54, 1.807) is 55.6 Å². The molecule has 0 aliphatic carbocycles. The Balaban J connectivity index is 1.72. The molecule has 34 heavy (non-hydrogen) atoms. The minimum absolute atomic E-state index is 0.107. The molecule has 0 aromatic heterocycles. The molecule has 1 aliphatic heterocycles. The van der Waals surface area contributed by atoms with E-state index in [4.69, 9.17) is 4.74 Å². The summed E-state index contributed by atoms with van der Waals surface area (Å²) >= 11 is 1.24. The lowest BCUT2D eigenvalue weighted by Crippen LogP contribution is -2.30. The van der Waals surface area contributed by atoms with Gasteiger partial charge in [-0.1, -0.05) is 59.8 Å². The third-order valence-electron chi connectivity index (χ3n) is 5.41. The Morgan fingerprint density at radius 1 is 1.06 bits per heavy atom. The molecule has 3 aromatic carbocycles. The molecule has 1 aliphatic rings. The van der Waals surface area contributed by atoms with E-state index in [0.717, 1.165) is 11.1 Å². The number of amides is 2. The normalized spacial score (nSPS) is 16.7. The van der Waals surface area contributed by atoms with Crippen molar-refractivity contribution in [1.82, 2.24) is 0 Å². The van der Waals surface area contributed by atoms with Crippen molar-refractivity contribution in [3.8, 4) is 11.8 Å². The number of methoxy groups -OCH3 is 1. The van der Waals surface area contributed by atoms with Gasteiger partial charge in [0.05, 0.1) is 12.4 Å². The van der Waals surface area contributed by atoms with Crippen LogP contribution in [0.15, 0.2) is 89.5 Å². The Bertz CT molecular complexity index is 1260. The van der Waals surface area contributed by atoms with Gasteiger partial charge in [-0.05, 0) is 55.3 Å². The van der Waals surface area contributed by atoms with Crippen molar-refractivity contribution >= 4 is 35.0 Å². The molecule has 1 saturated heterocycles. The third-order valence-corrected chi connectivity index (χ3v) is 6.67. The van der Waals surface area contributed by atoms with Gasteiger partial charge >= 0.3 is 0 Å². The maximum atomic E-state index is 13.5. The molecule has 4 rings (SSSR count). The van der Waals surface area contributed by atoms with Gasteiger partial charge in [-0.25, -0.2) is 0 Å². The highest BCUT2D eigenvalue weighted by molar-refractivity contribution is 8.05. The van der Waals surface area contributed by atoms with Crippen LogP contribution in [0.3, 0.4) is 0 Å². The first-order valence-electron chi connectivity index (χ1n) is 10.7. The lowest BCUT2D eigenvalue weighted by molar-refractivity contribution is -0.117. The molecular formula is C27H23N3O3S. The Morgan fingerprint density at radius 2 is 1.74 bits per heavy atom. The Hall–Kier alpha value is -4.02. The van der Waals surface area contributed by atoms with Crippen LogP contribution in [0, 0.1) is 18.3 Å². The summed E-state index contributed by atoms with van der Waals surface area (Å²) in [4.78, 5) is 28.1. The summed E-state index contributed by atoms with van der Waals surface area (Å²) in [6.45, 7) is 2.01. The van der Waals surface area contributed by atoms with Gasteiger partial charge in [0, 0.05) is 11.4 Å². The molecule has 3 aromatic rings. The van der Waals surface area contributed by atoms with E-state index in [2.05, 4.69) is 5.32 Å². The van der Waals surface area contributed by atoms with Crippen molar-refractivity contribution in [2.24, 2.45) is 0 Å². The van der Waals surface area contributed by atoms with Gasteiger partial charge in [0.1, 0.15) is 22.4 Å². The minimum atomic E-state index is -0.557. The second-order valence-electron chi connectivity index (χ2n) is 7.78. The van der Waals surface area contributed by atoms with E-state index in [-0.39, 0.29) is 11.5 Å². The maximum absolute atomic E-state index is 13.5. The molecule has 7 heteroatoms. The number of para-hydroxylation sites is 1. The number of anilines is 2. The fourth-order valence-electron chi connectivity index (χ4n) is 3.61. The zero-order valence-electron chi connectivity index (χ0n) is 18.8. The van der Waals surface area contributed by atoms with E-state index in [1.165, 1.54) is 16.7 Å². The Kier molecular flexibility index (Phi) is 7.00. The van der Waals surface area contributed by atoms with Crippen LogP contribution in [-0.4, -0.2) is 24.2 Å². The van der Waals surface area contributed by atoms with Gasteiger partial charge in [0.2, 0.25) is 5.91 Å². The first-order chi connectivity index (χ1) is 16.5. The molecule has 0 spiro atoms. The number of ether oxygens (including phenoxy) is 1. The summed E-state index contributed by atoms with van der Waals surface area (Å²) in [6.07, 6.45) is 0.485. The average molecular weight is 470 g/mol. The van der Waals surface area contributed by atoms with Crippen molar-refractivity contribution in [2.75, 3.05) is 17.3 Å². The number of nitriles is 1. The molecule has 1 unspecified atom stereocenters. The van der Waals surface area contributed by atoms with Crippen LogP contribution in [0.25, 0.3) is 0 Å². The molecule has 1 fully saturated rings. The fourth-order valence-corrected chi connectivity index (χ4v) is 4.91. The number of hydrogen-bond donors (Lipinski definition) is 1. The number of carbonyl (C=O) groups excluding carboxylic acids is 2. The third kappa shape index (κ3) is 4.98. The lowest BCUT2D eigenvalue weighted by Gasteiger charge is -2.19. The largest absolute Gasteiger partial charge is 0.497 e. The number of carbonyl (C=O) groups is 2. The molecule has 0 saturated carbocycles. The number of nitrogens with zero attached hydrogens (tertiary/aromatic N) is 2. The van der Waals surface area contributed by atoms with E-state index in [0.29, 0.717) is 28.6 Å². The van der Waals surface area contributed by atoms with Gasteiger partial charge in [-0.15, -0.1) is 0 Å². The van der Waals surface area contributed by atoms with Crippen molar-refractivity contribution in [3.05, 3.63) is 101 Å². The van der Waals surface area contributed by atoms with Crippen LogP contribution in [0.2, 0.25) is 0 Å². The summed E-state index contributed by atoms with van der Waals surface area (Å²) < 4.78 is 5.23. The van der Waals surface area contributed by atoms with Gasteiger partial charge in [-0.3, -0.25) is 14.5 Å². The van der Waals surface area contributed by atoms with Crippen LogP contribution in [0.4, 0.5) is 11.4 Å². The average Bonchev–Trinajstić information content (AvgIpc) is 3.17. The summed E-state index contributed by atoms with van der Waals surface area (Å²) in [5, 5.41) is 12.5. The van der Waals surface area contributed by atoms with Crippen LogP contribution < -0.4 is 15.0 Å². The van der Waals surface area contributed by atoms with E-state index >= 15 is 0 Å². The highest BCUT2D eigenvalue weighted by Crippen LogP contribution is 2.42. The highest BCUT2D eigenvalue weighted by atomic mass is 32.2. The molecular weight excluding hydrogens is 446 g/mol. The fraction of sp³-hybridized carbons (Fsp3) is 0.148. The Labute approximate surface area is 202 Å². The molecule has 0 bridgehead atoms. The number of benzene rings is 3. The monoisotopic (exact) mass is 469 g/mol. The Morgan fingerprint density at radius 3 is 2.35 bits per heavy atom. The molecule has 0 radical (unpaired) electrons. The van der Waals surface area contributed by atoms with E-state index < -0.39 is 11.2 Å². The van der Waals surface area contributed by atoms with E-state index in [9.17, 15) is 14.9 Å². The van der Waals surface area contributed by atoms with Gasteiger partial charge in [-0.2, -0.15) is 5.26 Å². The zero-order valence-corrected chi connectivity index (χ0v) is 19.6. The molecule has 1 heterocycles. The van der Waals surface area contributed by atoms with Gasteiger partial charge in [0.15, 0.2) is 0 Å². The quantitative estimate of drug-likeness (QED) is 0.403. The predicted octanol–water partition coefficient (Wildman–Crippen LogP) is 5.07. The summed E-state index contributed by atoms with van der Waals surface area (Å²) in [5.41, 5.74) is 3.19. The van der Waals surface area contributed by atoms with Crippen LogP contribution >= 0.6 is 11.8 Å². The first-order valence-corrected chi connectivity index (χ1v) is 11.6. The molecule has 1 N–H and O–H groups in total. The number of nitrogens with one attached hydrogen (secondary N) is 1. The maximum Gasteiger partial charge on any atom is 0.269 e. The standard InChI is InChI=1S/C27H23N3O3S/c1-18-8-10-19(11-9-18)16-24-26(32)30(21-12-14-22(33-2)15-13-21)27(34-24)23(17-28)25(31)29-20-6-4-3-5-7-20/h3-15,24H,16H2,1-2H3,(H,29,31)/b27-23-. The van der Waals surface area contributed by atoms with Crippen LogP contribution in [0.5, 0.6) is 5.75 Å². The summed E-state index contributed by atoms with van der Waals surface area (Å²) in [5.74, 6) is -0.0865. The van der Waals surface area contributed by atoms with Gasteiger partial charge in [0.25, 0.3) is 5.91 Å². The topological polar surface area (TPSA) is 82.4 Å². The second kappa shape index (κ2) is 10.3. The summed E-state index contributed by atoms with van der Waals surface area (Å²) in [7, 11) is 1.57. The number of rotatable bonds is 6. The molecule has 6 nitrogen and oxygen atoms in total. The van der Waals surface area contributed by atoms with Crippen molar-refractivity contribution < 1.29 is 14.3 Å². The minimum Gasteiger partial charge on any atom is -0.497 e. The SMILES string of the molecule is COc1ccc(N2C(=O)C(Cc3ccc(C)cc3)S/C2=C(/C#N)C(=O)Nc2ccccc2)cc1. The van der Waals surface area contributed by atoms with Crippen LogP contribution in [-0.2, 0) is 16.0 Å². The van der Waals surface area contributed by atoms with Crippen molar-refractivity contribution in [1.29, 1.82) is 5.26 Å². The van der Waals surface area contributed by atoms with Gasteiger partial charge < -0.3 is 10.1 Å². The lowest BCUT2D eigenvalue weighted by atomic mass is 10.1. The number of aryl methyl sites for hydroxylation is 1. The predicted molar refractivity (Wildman–Crippen MR) is 134 cm³/mol. The van der Waals surface area contributed by atoms with E-state index in [1.807, 2.05) is 43.3 Å². The summed E-state index contributed by atoms with van der Waals surface area (Å²) in [6, 6.07) is 25.9. The molecule has 2 amide bonds. The van der Waals surface area contributed by atoms with Crippen molar-refractivity contribution in [2.45, 2.75) is 18.6 Å².